The van der Waals surface area contributed by atoms with E-state index in [9.17, 15) is 0 Å². The number of hydrogen-bond donors (Lipinski definition) is 0. The Labute approximate surface area is 150 Å². The van der Waals surface area contributed by atoms with Crippen LogP contribution in [0.25, 0.3) is 0 Å². The Hall–Kier alpha value is -2.07. The van der Waals surface area contributed by atoms with Crippen LogP contribution in [-0.2, 0) is 6.54 Å². The SMILES string of the molecule is COc1cc(C)c(CN2CCCCC[C@@H]2c2ccncc2)cc1OC. The van der Waals surface area contributed by atoms with Crippen LogP contribution in [0.5, 0.6) is 11.5 Å². The number of hydrogen-bond acceptors (Lipinski definition) is 4. The molecule has 0 radical (unpaired) electrons. The van der Waals surface area contributed by atoms with Crippen molar-refractivity contribution < 1.29 is 9.47 Å². The zero-order valence-corrected chi connectivity index (χ0v) is 15.5. The van der Waals surface area contributed by atoms with Gasteiger partial charge in [-0.3, -0.25) is 9.88 Å². The summed E-state index contributed by atoms with van der Waals surface area (Å²) < 4.78 is 10.9. The lowest BCUT2D eigenvalue weighted by Crippen LogP contribution is -2.28. The number of benzene rings is 1. The number of nitrogens with zero attached hydrogens (tertiary/aromatic N) is 2. The number of rotatable bonds is 5. The normalized spacial score (nSPS) is 18.6. The van der Waals surface area contributed by atoms with E-state index in [2.05, 4.69) is 41.1 Å². The molecule has 1 saturated heterocycles. The molecular weight excluding hydrogens is 312 g/mol. The van der Waals surface area contributed by atoms with E-state index in [4.69, 9.17) is 9.47 Å². The topological polar surface area (TPSA) is 34.6 Å². The van der Waals surface area contributed by atoms with Crippen LogP contribution >= 0.6 is 0 Å². The summed E-state index contributed by atoms with van der Waals surface area (Å²) in [5.41, 5.74) is 3.92. The summed E-state index contributed by atoms with van der Waals surface area (Å²) in [7, 11) is 3.38. The Kier molecular flexibility index (Phi) is 5.92. The molecule has 1 atom stereocenters. The zero-order valence-electron chi connectivity index (χ0n) is 15.5. The van der Waals surface area contributed by atoms with Crippen LogP contribution < -0.4 is 9.47 Å². The van der Waals surface area contributed by atoms with Crippen LogP contribution in [0.1, 0.15) is 48.4 Å². The number of likely N-dealkylation sites (tertiary alicyclic amines) is 1. The monoisotopic (exact) mass is 340 g/mol. The van der Waals surface area contributed by atoms with Crippen LogP contribution in [0.2, 0.25) is 0 Å². The third-order valence-corrected chi connectivity index (χ3v) is 5.17. The van der Waals surface area contributed by atoms with E-state index in [0.29, 0.717) is 6.04 Å². The molecule has 0 aliphatic carbocycles. The fraction of sp³-hybridized carbons (Fsp3) is 0.476. The Morgan fingerprint density at radius 2 is 1.76 bits per heavy atom. The number of methoxy groups -OCH3 is 2. The van der Waals surface area contributed by atoms with Gasteiger partial charge in [-0.25, -0.2) is 0 Å². The Morgan fingerprint density at radius 1 is 1.04 bits per heavy atom. The van der Waals surface area contributed by atoms with Gasteiger partial charge in [-0.05, 0) is 67.3 Å². The van der Waals surface area contributed by atoms with Crippen molar-refractivity contribution in [1.82, 2.24) is 9.88 Å². The summed E-state index contributed by atoms with van der Waals surface area (Å²) >= 11 is 0. The molecule has 4 nitrogen and oxygen atoms in total. The summed E-state index contributed by atoms with van der Waals surface area (Å²) in [4.78, 5) is 6.79. The standard InChI is InChI=1S/C21H28N2O2/c1-16-13-20(24-2)21(25-3)14-18(16)15-23-12-6-4-5-7-19(23)17-8-10-22-11-9-17/h8-11,13-14,19H,4-7,12,15H2,1-3H3/t19-/m1/s1. The molecular formula is C21H28N2O2. The number of aryl methyl sites for hydroxylation is 1. The van der Waals surface area contributed by atoms with Gasteiger partial charge in [0.15, 0.2) is 11.5 Å². The van der Waals surface area contributed by atoms with Crippen LogP contribution in [0.4, 0.5) is 0 Å². The molecule has 134 valence electrons. The Balaban J connectivity index is 1.88. The van der Waals surface area contributed by atoms with Gasteiger partial charge in [-0.15, -0.1) is 0 Å². The first-order valence-corrected chi connectivity index (χ1v) is 9.08. The second kappa shape index (κ2) is 8.34. The molecule has 0 bridgehead atoms. The van der Waals surface area contributed by atoms with E-state index in [1.807, 2.05) is 12.4 Å². The second-order valence-corrected chi connectivity index (χ2v) is 6.75. The van der Waals surface area contributed by atoms with Crippen molar-refractivity contribution in [3.8, 4) is 11.5 Å². The van der Waals surface area contributed by atoms with Gasteiger partial charge in [-0.2, -0.15) is 0 Å². The molecule has 0 amide bonds. The highest BCUT2D eigenvalue weighted by Gasteiger charge is 2.23. The van der Waals surface area contributed by atoms with Gasteiger partial charge in [0.05, 0.1) is 14.2 Å². The van der Waals surface area contributed by atoms with Crippen LogP contribution in [0.15, 0.2) is 36.7 Å². The predicted octanol–water partition coefficient (Wildman–Crippen LogP) is 4.52. The van der Waals surface area contributed by atoms with Crippen molar-refractivity contribution in [3.05, 3.63) is 53.3 Å². The maximum absolute atomic E-state index is 5.51. The van der Waals surface area contributed by atoms with Gasteiger partial charge in [0, 0.05) is 25.0 Å². The molecule has 0 saturated carbocycles. The number of aromatic nitrogens is 1. The van der Waals surface area contributed by atoms with Crippen molar-refractivity contribution in [3.63, 3.8) is 0 Å². The zero-order chi connectivity index (χ0) is 17.6. The van der Waals surface area contributed by atoms with Gasteiger partial charge in [0.1, 0.15) is 0 Å². The van der Waals surface area contributed by atoms with Gasteiger partial charge in [0.25, 0.3) is 0 Å². The maximum atomic E-state index is 5.51. The average molecular weight is 340 g/mol. The molecule has 25 heavy (non-hydrogen) atoms. The minimum absolute atomic E-state index is 0.456. The third kappa shape index (κ3) is 4.13. The van der Waals surface area contributed by atoms with Gasteiger partial charge in [0.2, 0.25) is 0 Å². The lowest BCUT2D eigenvalue weighted by molar-refractivity contribution is 0.191. The fourth-order valence-corrected chi connectivity index (χ4v) is 3.73. The minimum Gasteiger partial charge on any atom is -0.493 e. The van der Waals surface area contributed by atoms with Crippen molar-refractivity contribution in [1.29, 1.82) is 0 Å². The first-order chi connectivity index (χ1) is 12.2. The van der Waals surface area contributed by atoms with Crippen LogP contribution in [0, 0.1) is 6.92 Å². The van der Waals surface area contributed by atoms with E-state index in [-0.39, 0.29) is 0 Å². The van der Waals surface area contributed by atoms with Crippen molar-refractivity contribution in [2.45, 2.75) is 45.2 Å². The summed E-state index contributed by atoms with van der Waals surface area (Å²) in [5, 5.41) is 0. The van der Waals surface area contributed by atoms with E-state index >= 15 is 0 Å². The van der Waals surface area contributed by atoms with Crippen molar-refractivity contribution in [2.24, 2.45) is 0 Å². The molecule has 0 unspecified atom stereocenters. The van der Waals surface area contributed by atoms with Crippen LogP contribution in [-0.4, -0.2) is 30.6 Å². The van der Waals surface area contributed by atoms with Gasteiger partial charge < -0.3 is 9.47 Å². The third-order valence-electron chi connectivity index (χ3n) is 5.17. The highest BCUT2D eigenvalue weighted by atomic mass is 16.5. The van der Waals surface area contributed by atoms with E-state index in [1.165, 1.54) is 42.4 Å². The molecule has 1 aliphatic heterocycles. The smallest absolute Gasteiger partial charge is 0.161 e. The fourth-order valence-electron chi connectivity index (χ4n) is 3.73. The van der Waals surface area contributed by atoms with Crippen LogP contribution in [0.3, 0.4) is 0 Å². The lowest BCUT2D eigenvalue weighted by Gasteiger charge is -2.31. The Bertz CT molecular complexity index is 688. The minimum atomic E-state index is 0.456. The molecule has 0 spiro atoms. The van der Waals surface area contributed by atoms with E-state index in [0.717, 1.165) is 24.6 Å². The van der Waals surface area contributed by atoms with Crippen molar-refractivity contribution >= 4 is 0 Å². The second-order valence-electron chi connectivity index (χ2n) is 6.75. The highest BCUT2D eigenvalue weighted by molar-refractivity contribution is 5.47. The average Bonchev–Trinajstić information content (AvgIpc) is 2.89. The molecule has 4 heteroatoms. The number of ether oxygens (including phenoxy) is 2. The molecule has 1 aromatic carbocycles. The predicted molar refractivity (Wildman–Crippen MR) is 100 cm³/mol. The molecule has 2 aromatic rings. The lowest BCUT2D eigenvalue weighted by atomic mass is 10.0. The first kappa shape index (κ1) is 17.7. The molecule has 1 aromatic heterocycles. The molecule has 2 heterocycles. The highest BCUT2D eigenvalue weighted by Crippen LogP contribution is 2.34. The molecule has 1 fully saturated rings. The maximum Gasteiger partial charge on any atom is 0.161 e. The van der Waals surface area contributed by atoms with Gasteiger partial charge in [-0.1, -0.05) is 12.8 Å². The summed E-state index contributed by atoms with van der Waals surface area (Å²) in [6.45, 7) is 4.20. The van der Waals surface area contributed by atoms with E-state index in [1.54, 1.807) is 14.2 Å². The quantitative estimate of drug-likeness (QED) is 0.801. The first-order valence-electron chi connectivity index (χ1n) is 9.08. The summed E-state index contributed by atoms with van der Waals surface area (Å²) in [5.74, 6) is 1.60. The van der Waals surface area contributed by atoms with Gasteiger partial charge >= 0.3 is 0 Å². The molecule has 1 aliphatic rings. The van der Waals surface area contributed by atoms with Crippen molar-refractivity contribution in [2.75, 3.05) is 20.8 Å². The summed E-state index contributed by atoms with van der Waals surface area (Å²) in [6.07, 6.45) is 8.86. The Morgan fingerprint density at radius 3 is 2.48 bits per heavy atom. The number of pyridine rings is 1. The van der Waals surface area contributed by atoms with E-state index < -0.39 is 0 Å². The summed E-state index contributed by atoms with van der Waals surface area (Å²) in [6, 6.07) is 8.98. The molecule has 0 N–H and O–H groups in total. The largest absolute Gasteiger partial charge is 0.493 e. The molecule has 3 rings (SSSR count).